The van der Waals surface area contributed by atoms with Crippen LogP contribution in [0.25, 0.3) is 10.4 Å². The third-order valence-corrected chi connectivity index (χ3v) is 4.70. The fourth-order valence-electron chi connectivity index (χ4n) is 2.39. The predicted molar refractivity (Wildman–Crippen MR) is 90.1 cm³/mol. The number of carbonyl (C=O) groups excluding carboxylic acids is 1. The summed E-state index contributed by atoms with van der Waals surface area (Å²) < 4.78 is 13.2. The Balaban J connectivity index is 1.79. The molecule has 2 aromatic carbocycles. The first-order chi connectivity index (χ1) is 11.2. The van der Waals surface area contributed by atoms with E-state index in [1.807, 2.05) is 30.3 Å². The lowest BCUT2D eigenvalue weighted by Gasteiger charge is -2.01. The van der Waals surface area contributed by atoms with E-state index < -0.39 is 0 Å². The van der Waals surface area contributed by atoms with Crippen molar-refractivity contribution in [3.63, 3.8) is 0 Å². The molecule has 0 saturated carbocycles. The first kappa shape index (κ1) is 15.6. The van der Waals surface area contributed by atoms with E-state index in [1.54, 1.807) is 18.2 Å². The van der Waals surface area contributed by atoms with Crippen LogP contribution in [0.4, 0.5) is 4.39 Å². The van der Waals surface area contributed by atoms with E-state index in [4.69, 9.17) is 0 Å². The SMILES string of the molecule is O=C(Cc1cccc(F)c1)c1ccc(-c2cccc(CO)c2)s1. The molecule has 2 nitrogen and oxygen atoms in total. The molecule has 4 heteroatoms. The standard InChI is InChI=1S/C19H15FO2S/c20-16-6-2-3-13(10-16)11-17(22)19-8-7-18(23-19)15-5-1-4-14(9-15)12-21/h1-10,21H,11-12H2. The Hall–Kier alpha value is -2.30. The molecule has 0 radical (unpaired) electrons. The average Bonchev–Trinajstić information content (AvgIpc) is 3.05. The van der Waals surface area contributed by atoms with Gasteiger partial charge in [-0.3, -0.25) is 4.79 Å². The fourth-order valence-corrected chi connectivity index (χ4v) is 3.33. The van der Waals surface area contributed by atoms with Gasteiger partial charge in [0, 0.05) is 11.3 Å². The Morgan fingerprint density at radius 2 is 1.78 bits per heavy atom. The summed E-state index contributed by atoms with van der Waals surface area (Å²) >= 11 is 1.41. The van der Waals surface area contributed by atoms with E-state index in [0.717, 1.165) is 16.0 Å². The summed E-state index contributed by atoms with van der Waals surface area (Å²) in [6.07, 6.45) is 0.189. The molecule has 0 aliphatic heterocycles. The van der Waals surface area contributed by atoms with Gasteiger partial charge in [0.1, 0.15) is 5.82 Å². The minimum Gasteiger partial charge on any atom is -0.392 e. The van der Waals surface area contributed by atoms with Crippen molar-refractivity contribution >= 4 is 17.1 Å². The van der Waals surface area contributed by atoms with Crippen LogP contribution in [-0.4, -0.2) is 10.9 Å². The van der Waals surface area contributed by atoms with E-state index in [-0.39, 0.29) is 24.6 Å². The molecule has 23 heavy (non-hydrogen) atoms. The summed E-state index contributed by atoms with van der Waals surface area (Å²) in [5, 5.41) is 9.21. The van der Waals surface area contributed by atoms with Gasteiger partial charge < -0.3 is 5.11 Å². The van der Waals surface area contributed by atoms with Crippen LogP contribution in [0.1, 0.15) is 20.8 Å². The molecular weight excluding hydrogens is 311 g/mol. The molecule has 0 amide bonds. The van der Waals surface area contributed by atoms with Crippen LogP contribution in [0.5, 0.6) is 0 Å². The molecule has 0 unspecified atom stereocenters. The highest BCUT2D eigenvalue weighted by Gasteiger charge is 2.12. The number of thiophene rings is 1. The highest BCUT2D eigenvalue weighted by molar-refractivity contribution is 7.17. The lowest BCUT2D eigenvalue weighted by molar-refractivity contribution is 0.0997. The summed E-state index contributed by atoms with van der Waals surface area (Å²) in [6.45, 7) is -0.00935. The van der Waals surface area contributed by atoms with Crippen molar-refractivity contribution in [2.24, 2.45) is 0 Å². The molecule has 3 aromatic rings. The van der Waals surface area contributed by atoms with Crippen molar-refractivity contribution in [2.75, 3.05) is 0 Å². The quantitative estimate of drug-likeness (QED) is 0.702. The second-order valence-electron chi connectivity index (χ2n) is 5.25. The molecule has 116 valence electrons. The maximum atomic E-state index is 13.2. The minimum atomic E-state index is -0.331. The maximum Gasteiger partial charge on any atom is 0.177 e. The molecule has 1 heterocycles. The van der Waals surface area contributed by atoms with E-state index in [2.05, 4.69) is 0 Å². The molecule has 3 rings (SSSR count). The van der Waals surface area contributed by atoms with Crippen molar-refractivity contribution in [3.05, 3.63) is 82.5 Å². The van der Waals surface area contributed by atoms with E-state index in [1.165, 1.54) is 23.5 Å². The number of carbonyl (C=O) groups is 1. The summed E-state index contributed by atoms with van der Waals surface area (Å²) in [6, 6.07) is 17.4. The van der Waals surface area contributed by atoms with Crippen molar-refractivity contribution < 1.29 is 14.3 Å². The number of aliphatic hydroxyl groups is 1. The molecule has 0 fully saturated rings. The van der Waals surface area contributed by atoms with Crippen LogP contribution >= 0.6 is 11.3 Å². The third-order valence-electron chi connectivity index (χ3n) is 3.53. The Morgan fingerprint density at radius 1 is 1.00 bits per heavy atom. The molecule has 0 atom stereocenters. The second-order valence-corrected chi connectivity index (χ2v) is 6.34. The van der Waals surface area contributed by atoms with Crippen LogP contribution < -0.4 is 0 Å². The van der Waals surface area contributed by atoms with Gasteiger partial charge in [0.15, 0.2) is 5.78 Å². The predicted octanol–water partition coefficient (Wildman–Crippen LogP) is 4.47. The van der Waals surface area contributed by atoms with E-state index in [9.17, 15) is 14.3 Å². The number of hydrogen-bond acceptors (Lipinski definition) is 3. The zero-order valence-electron chi connectivity index (χ0n) is 12.3. The van der Waals surface area contributed by atoms with Crippen LogP contribution in [0.2, 0.25) is 0 Å². The van der Waals surface area contributed by atoms with Crippen LogP contribution in [0.15, 0.2) is 60.7 Å². The van der Waals surface area contributed by atoms with Gasteiger partial charge in [-0.1, -0.05) is 30.3 Å². The minimum absolute atomic E-state index is 0.00935. The Kier molecular flexibility index (Phi) is 4.65. The fraction of sp³-hybridized carbons (Fsp3) is 0.105. The smallest absolute Gasteiger partial charge is 0.177 e. The van der Waals surface area contributed by atoms with Crippen LogP contribution in [-0.2, 0) is 13.0 Å². The summed E-state index contributed by atoms with van der Waals surface area (Å²) in [5.41, 5.74) is 2.49. The van der Waals surface area contributed by atoms with Crippen molar-refractivity contribution in [3.8, 4) is 10.4 Å². The first-order valence-corrected chi connectivity index (χ1v) is 8.05. The number of aliphatic hydroxyl groups excluding tert-OH is 1. The molecule has 1 N–H and O–H groups in total. The van der Waals surface area contributed by atoms with Gasteiger partial charge in [-0.25, -0.2) is 4.39 Å². The Morgan fingerprint density at radius 3 is 2.57 bits per heavy atom. The van der Waals surface area contributed by atoms with Crippen molar-refractivity contribution in [2.45, 2.75) is 13.0 Å². The van der Waals surface area contributed by atoms with Gasteiger partial charge in [-0.05, 0) is 47.0 Å². The molecule has 0 aliphatic rings. The van der Waals surface area contributed by atoms with Crippen LogP contribution in [0.3, 0.4) is 0 Å². The lowest BCUT2D eigenvalue weighted by Crippen LogP contribution is -2.01. The van der Waals surface area contributed by atoms with Crippen molar-refractivity contribution in [1.29, 1.82) is 0 Å². The summed E-state index contributed by atoms with van der Waals surface area (Å²) in [5.74, 6) is -0.354. The highest BCUT2D eigenvalue weighted by Crippen LogP contribution is 2.29. The van der Waals surface area contributed by atoms with Gasteiger partial charge in [0.25, 0.3) is 0 Å². The van der Waals surface area contributed by atoms with Gasteiger partial charge in [0.05, 0.1) is 11.5 Å². The number of hydrogen-bond donors (Lipinski definition) is 1. The number of benzene rings is 2. The zero-order chi connectivity index (χ0) is 16.2. The van der Waals surface area contributed by atoms with E-state index >= 15 is 0 Å². The van der Waals surface area contributed by atoms with Crippen LogP contribution in [0, 0.1) is 5.82 Å². The molecule has 0 bridgehead atoms. The first-order valence-electron chi connectivity index (χ1n) is 7.23. The summed E-state index contributed by atoms with van der Waals surface area (Å²) in [7, 11) is 0. The van der Waals surface area contributed by atoms with Gasteiger partial charge in [0.2, 0.25) is 0 Å². The molecule has 0 spiro atoms. The number of rotatable bonds is 5. The molecule has 0 aliphatic carbocycles. The number of ketones is 1. The van der Waals surface area contributed by atoms with Crippen molar-refractivity contribution in [1.82, 2.24) is 0 Å². The highest BCUT2D eigenvalue weighted by atomic mass is 32.1. The molecule has 1 aromatic heterocycles. The maximum absolute atomic E-state index is 13.2. The topological polar surface area (TPSA) is 37.3 Å². The normalized spacial score (nSPS) is 10.7. The average molecular weight is 326 g/mol. The summed E-state index contributed by atoms with van der Waals surface area (Å²) in [4.78, 5) is 14.0. The molecular formula is C19H15FO2S. The van der Waals surface area contributed by atoms with Gasteiger partial charge in [-0.15, -0.1) is 11.3 Å². The largest absolute Gasteiger partial charge is 0.392 e. The lowest BCUT2D eigenvalue weighted by atomic mass is 10.1. The van der Waals surface area contributed by atoms with Gasteiger partial charge >= 0.3 is 0 Å². The zero-order valence-corrected chi connectivity index (χ0v) is 13.1. The van der Waals surface area contributed by atoms with Gasteiger partial charge in [-0.2, -0.15) is 0 Å². The van der Waals surface area contributed by atoms with E-state index in [0.29, 0.717) is 10.4 Å². The number of halogens is 1. The monoisotopic (exact) mass is 326 g/mol. The Labute approximate surface area is 137 Å². The Bertz CT molecular complexity index is 839. The third kappa shape index (κ3) is 3.73. The second kappa shape index (κ2) is 6.86. The number of Topliss-reactive ketones (excluding diaryl/α,β-unsaturated/α-hetero) is 1. The molecule has 0 saturated heterocycles.